The monoisotopic (exact) mass is 479 g/mol. The van der Waals surface area contributed by atoms with Gasteiger partial charge in [0.1, 0.15) is 17.3 Å². The standard InChI is InChI=1S/C26H33N5O4/c1-6-22(24-27-20-10-8-7-9-19(20)25(32)29(24)3)30-13-14-31(17(2)16-30)26(33)28-21-12-11-18(34-4)15-23(21)35-5/h7-12,15,17,22H,6,13-14,16H2,1-5H3,(H,28,33). The van der Waals surface area contributed by atoms with E-state index in [4.69, 9.17) is 14.5 Å². The number of amides is 2. The van der Waals surface area contributed by atoms with E-state index in [1.165, 1.54) is 0 Å². The first-order chi connectivity index (χ1) is 16.9. The van der Waals surface area contributed by atoms with E-state index in [1.54, 1.807) is 44.0 Å². The summed E-state index contributed by atoms with van der Waals surface area (Å²) >= 11 is 0. The van der Waals surface area contributed by atoms with Crippen molar-refractivity contribution in [2.24, 2.45) is 7.05 Å². The first kappa shape index (κ1) is 24.5. The molecule has 35 heavy (non-hydrogen) atoms. The summed E-state index contributed by atoms with van der Waals surface area (Å²) in [4.78, 5) is 35.1. The van der Waals surface area contributed by atoms with E-state index < -0.39 is 0 Å². The number of fused-ring (bicyclic) bond motifs is 1. The first-order valence-corrected chi connectivity index (χ1v) is 11.9. The summed E-state index contributed by atoms with van der Waals surface area (Å²) in [6.07, 6.45) is 0.806. The number of carbonyl (C=O) groups excluding carboxylic acids is 1. The number of hydrogen-bond acceptors (Lipinski definition) is 6. The highest BCUT2D eigenvalue weighted by molar-refractivity contribution is 5.91. The quantitative estimate of drug-likeness (QED) is 0.581. The van der Waals surface area contributed by atoms with E-state index in [-0.39, 0.29) is 23.7 Å². The molecular formula is C26H33N5O4. The highest BCUT2D eigenvalue weighted by atomic mass is 16.5. The zero-order valence-corrected chi connectivity index (χ0v) is 20.9. The van der Waals surface area contributed by atoms with Crippen molar-refractivity contribution >= 4 is 22.6 Å². The smallest absolute Gasteiger partial charge is 0.322 e. The minimum Gasteiger partial charge on any atom is -0.497 e. The predicted molar refractivity (Wildman–Crippen MR) is 136 cm³/mol. The molecule has 3 aromatic rings. The second-order valence-electron chi connectivity index (χ2n) is 8.81. The van der Waals surface area contributed by atoms with Gasteiger partial charge in [0, 0.05) is 38.8 Å². The largest absolute Gasteiger partial charge is 0.497 e. The van der Waals surface area contributed by atoms with Crippen LogP contribution in [0.2, 0.25) is 0 Å². The predicted octanol–water partition coefficient (Wildman–Crippen LogP) is 3.64. The molecule has 0 saturated carbocycles. The number of urea groups is 1. The fourth-order valence-corrected chi connectivity index (χ4v) is 4.80. The number of nitrogens with one attached hydrogen (secondary N) is 1. The molecule has 1 aromatic heterocycles. The van der Waals surface area contributed by atoms with Crippen molar-refractivity contribution < 1.29 is 14.3 Å². The average Bonchev–Trinajstić information content (AvgIpc) is 2.87. The molecule has 2 aromatic carbocycles. The summed E-state index contributed by atoms with van der Waals surface area (Å²) in [5.41, 5.74) is 1.27. The molecule has 0 radical (unpaired) electrons. The molecule has 0 spiro atoms. The Balaban J connectivity index is 1.50. The van der Waals surface area contributed by atoms with Crippen LogP contribution in [0.4, 0.5) is 10.5 Å². The summed E-state index contributed by atoms with van der Waals surface area (Å²) in [6, 6.07) is 12.5. The van der Waals surface area contributed by atoms with Crippen LogP contribution in [0.1, 0.15) is 32.1 Å². The number of nitrogens with zero attached hydrogens (tertiary/aromatic N) is 4. The number of para-hydroxylation sites is 1. The van der Waals surface area contributed by atoms with Gasteiger partial charge in [-0.05, 0) is 37.6 Å². The summed E-state index contributed by atoms with van der Waals surface area (Å²) < 4.78 is 12.3. The molecule has 1 fully saturated rings. The Morgan fingerprint density at radius 1 is 1.17 bits per heavy atom. The molecule has 2 amide bonds. The van der Waals surface area contributed by atoms with Crippen LogP contribution >= 0.6 is 0 Å². The third-order valence-electron chi connectivity index (χ3n) is 6.71. The van der Waals surface area contributed by atoms with Gasteiger partial charge in [-0.2, -0.15) is 0 Å². The van der Waals surface area contributed by atoms with E-state index in [1.807, 2.05) is 36.1 Å². The molecule has 0 aliphatic carbocycles. The molecule has 9 heteroatoms. The highest BCUT2D eigenvalue weighted by Crippen LogP contribution is 2.30. The first-order valence-electron chi connectivity index (χ1n) is 11.9. The van der Waals surface area contributed by atoms with Crippen molar-refractivity contribution in [1.29, 1.82) is 0 Å². The van der Waals surface area contributed by atoms with Gasteiger partial charge in [0.05, 0.1) is 36.9 Å². The maximum Gasteiger partial charge on any atom is 0.322 e. The van der Waals surface area contributed by atoms with Crippen molar-refractivity contribution in [2.75, 3.05) is 39.2 Å². The Labute approximate surface area is 205 Å². The summed E-state index contributed by atoms with van der Waals surface area (Å²) in [5.74, 6) is 1.95. The minimum absolute atomic E-state index is 0.0216. The van der Waals surface area contributed by atoms with Gasteiger partial charge >= 0.3 is 6.03 Å². The number of carbonyl (C=O) groups is 1. The van der Waals surface area contributed by atoms with Gasteiger partial charge in [-0.3, -0.25) is 14.3 Å². The van der Waals surface area contributed by atoms with Crippen molar-refractivity contribution in [3.63, 3.8) is 0 Å². The molecular weight excluding hydrogens is 446 g/mol. The van der Waals surface area contributed by atoms with Crippen molar-refractivity contribution in [1.82, 2.24) is 19.4 Å². The van der Waals surface area contributed by atoms with Gasteiger partial charge in [0.15, 0.2) is 0 Å². The van der Waals surface area contributed by atoms with Crippen LogP contribution in [0, 0.1) is 0 Å². The normalized spacial score (nSPS) is 17.3. The third-order valence-corrected chi connectivity index (χ3v) is 6.71. The van der Waals surface area contributed by atoms with Crippen LogP contribution in [0.5, 0.6) is 11.5 Å². The molecule has 0 bridgehead atoms. The van der Waals surface area contributed by atoms with Crippen molar-refractivity contribution in [2.45, 2.75) is 32.4 Å². The van der Waals surface area contributed by atoms with Gasteiger partial charge in [-0.15, -0.1) is 0 Å². The zero-order valence-electron chi connectivity index (χ0n) is 20.9. The molecule has 186 valence electrons. The van der Waals surface area contributed by atoms with E-state index in [9.17, 15) is 9.59 Å². The fourth-order valence-electron chi connectivity index (χ4n) is 4.80. The lowest BCUT2D eigenvalue weighted by atomic mass is 10.1. The maximum atomic E-state index is 13.1. The number of benzene rings is 2. The number of methoxy groups -OCH3 is 2. The van der Waals surface area contributed by atoms with Crippen LogP contribution < -0.4 is 20.3 Å². The maximum absolute atomic E-state index is 13.1. The molecule has 2 unspecified atom stereocenters. The van der Waals surface area contributed by atoms with Gasteiger partial charge in [-0.25, -0.2) is 9.78 Å². The van der Waals surface area contributed by atoms with E-state index in [0.29, 0.717) is 47.7 Å². The Hall–Kier alpha value is -3.59. The molecule has 1 saturated heterocycles. The number of rotatable bonds is 6. The van der Waals surface area contributed by atoms with Crippen molar-refractivity contribution in [3.8, 4) is 11.5 Å². The lowest BCUT2D eigenvalue weighted by Crippen LogP contribution is -2.56. The Kier molecular flexibility index (Phi) is 7.25. The van der Waals surface area contributed by atoms with Crippen molar-refractivity contribution in [3.05, 3.63) is 58.6 Å². The van der Waals surface area contributed by atoms with E-state index in [0.717, 1.165) is 12.2 Å². The number of hydrogen-bond donors (Lipinski definition) is 1. The minimum atomic E-state index is -0.176. The Bertz CT molecular complexity index is 1270. The number of piperazine rings is 1. The number of ether oxygens (including phenoxy) is 2. The zero-order chi connectivity index (χ0) is 25.1. The van der Waals surface area contributed by atoms with Crippen LogP contribution in [-0.2, 0) is 7.05 Å². The summed E-state index contributed by atoms with van der Waals surface area (Å²) in [5, 5.41) is 3.59. The molecule has 2 heterocycles. The Morgan fingerprint density at radius 3 is 2.63 bits per heavy atom. The lowest BCUT2D eigenvalue weighted by Gasteiger charge is -2.43. The number of aromatic nitrogens is 2. The average molecular weight is 480 g/mol. The molecule has 1 N–H and O–H groups in total. The fraction of sp³-hybridized carbons (Fsp3) is 0.423. The highest BCUT2D eigenvalue weighted by Gasteiger charge is 2.33. The second kappa shape index (κ2) is 10.4. The molecule has 4 rings (SSSR count). The van der Waals surface area contributed by atoms with Crippen LogP contribution in [-0.4, -0.2) is 65.3 Å². The van der Waals surface area contributed by atoms with Crippen LogP contribution in [0.25, 0.3) is 10.9 Å². The summed E-state index contributed by atoms with van der Waals surface area (Å²) in [7, 11) is 4.93. The van der Waals surface area contributed by atoms with Gasteiger partial charge in [-0.1, -0.05) is 19.1 Å². The SMILES string of the molecule is CCC(c1nc2ccccc2c(=O)n1C)N1CCN(C(=O)Nc2ccc(OC)cc2OC)C(C)C1. The van der Waals surface area contributed by atoms with E-state index in [2.05, 4.69) is 17.1 Å². The lowest BCUT2D eigenvalue weighted by molar-refractivity contribution is 0.0721. The van der Waals surface area contributed by atoms with Crippen LogP contribution in [0.15, 0.2) is 47.3 Å². The van der Waals surface area contributed by atoms with Gasteiger partial charge in [0.2, 0.25) is 0 Å². The topological polar surface area (TPSA) is 88.9 Å². The van der Waals surface area contributed by atoms with E-state index >= 15 is 0 Å². The molecule has 1 aliphatic heterocycles. The summed E-state index contributed by atoms with van der Waals surface area (Å²) in [6.45, 7) is 6.05. The second-order valence-corrected chi connectivity index (χ2v) is 8.81. The number of anilines is 1. The van der Waals surface area contributed by atoms with Gasteiger partial charge in [0.25, 0.3) is 5.56 Å². The molecule has 9 nitrogen and oxygen atoms in total. The molecule has 1 aliphatic rings. The molecule has 2 atom stereocenters. The van der Waals surface area contributed by atoms with Gasteiger partial charge < -0.3 is 19.7 Å². The Morgan fingerprint density at radius 2 is 1.94 bits per heavy atom. The van der Waals surface area contributed by atoms with Crippen LogP contribution in [0.3, 0.4) is 0 Å². The third kappa shape index (κ3) is 4.81.